The molecule has 5 nitrogen and oxygen atoms in total. The van der Waals surface area contributed by atoms with Gasteiger partial charge in [0.2, 0.25) is 5.91 Å². The Balaban J connectivity index is 2.14. The fourth-order valence-electron chi connectivity index (χ4n) is 2.00. The zero-order chi connectivity index (χ0) is 11.9. The average molecular weight is 225 g/mol. The molecule has 0 aromatic heterocycles. The zero-order valence-electron chi connectivity index (χ0n) is 9.46. The standard InChI is InChI=1S/C11H19N3O2/c12-6-7-14-10(15)8-13-9-11(16)4-2-1-3-5-11/h13,16H,1-5,7-9H2,(H,14,15). The second-order valence-corrected chi connectivity index (χ2v) is 4.32. The van der Waals surface area contributed by atoms with Crippen molar-refractivity contribution in [3.63, 3.8) is 0 Å². The lowest BCUT2D eigenvalue weighted by Crippen LogP contribution is -2.45. The molecule has 0 saturated heterocycles. The Bertz CT molecular complexity index is 267. The van der Waals surface area contributed by atoms with E-state index in [1.54, 1.807) is 0 Å². The molecule has 0 radical (unpaired) electrons. The smallest absolute Gasteiger partial charge is 0.234 e. The third kappa shape index (κ3) is 4.60. The summed E-state index contributed by atoms with van der Waals surface area (Å²) < 4.78 is 0. The minimum atomic E-state index is -0.645. The SMILES string of the molecule is N#CCNC(=O)CNCC1(O)CCCCC1. The monoisotopic (exact) mass is 225 g/mol. The molecule has 1 aliphatic rings. The van der Waals surface area contributed by atoms with Gasteiger partial charge in [-0.25, -0.2) is 0 Å². The molecule has 1 amide bonds. The Hall–Kier alpha value is -1.12. The highest BCUT2D eigenvalue weighted by Gasteiger charge is 2.28. The summed E-state index contributed by atoms with van der Waals surface area (Å²) in [6, 6.07) is 1.84. The molecule has 0 atom stereocenters. The third-order valence-electron chi connectivity index (χ3n) is 2.89. The molecule has 0 aromatic rings. The van der Waals surface area contributed by atoms with Crippen molar-refractivity contribution in [2.45, 2.75) is 37.7 Å². The summed E-state index contributed by atoms with van der Waals surface area (Å²) in [5, 5.41) is 23.7. The second-order valence-electron chi connectivity index (χ2n) is 4.32. The Kier molecular flexibility index (Phi) is 5.23. The number of aliphatic hydroxyl groups is 1. The number of nitriles is 1. The zero-order valence-corrected chi connectivity index (χ0v) is 9.46. The highest BCUT2D eigenvalue weighted by atomic mass is 16.3. The van der Waals surface area contributed by atoms with Gasteiger partial charge in [-0.15, -0.1) is 0 Å². The maximum atomic E-state index is 11.1. The highest BCUT2D eigenvalue weighted by molar-refractivity contribution is 5.78. The number of hydrogen-bond acceptors (Lipinski definition) is 4. The molecule has 5 heteroatoms. The largest absolute Gasteiger partial charge is 0.389 e. The van der Waals surface area contributed by atoms with Gasteiger partial charge in [-0.3, -0.25) is 4.79 Å². The van der Waals surface area contributed by atoms with Gasteiger partial charge in [-0.1, -0.05) is 19.3 Å². The minimum Gasteiger partial charge on any atom is -0.389 e. The van der Waals surface area contributed by atoms with Crippen molar-refractivity contribution in [3.8, 4) is 6.07 Å². The molecule has 90 valence electrons. The Morgan fingerprint density at radius 1 is 1.38 bits per heavy atom. The van der Waals surface area contributed by atoms with Gasteiger partial charge in [0.25, 0.3) is 0 Å². The average Bonchev–Trinajstić information content (AvgIpc) is 2.27. The normalized spacial score (nSPS) is 18.8. The lowest BCUT2D eigenvalue weighted by atomic mass is 9.85. The molecule has 0 spiro atoms. The molecule has 0 bridgehead atoms. The van der Waals surface area contributed by atoms with E-state index < -0.39 is 5.60 Å². The number of carbonyl (C=O) groups excluding carboxylic acids is 1. The molecule has 1 rings (SSSR count). The maximum Gasteiger partial charge on any atom is 0.234 e. The molecular formula is C11H19N3O2. The van der Waals surface area contributed by atoms with E-state index >= 15 is 0 Å². The van der Waals surface area contributed by atoms with Crippen LogP contribution in [0.25, 0.3) is 0 Å². The number of rotatable bonds is 5. The second kappa shape index (κ2) is 6.46. The molecule has 1 saturated carbocycles. The molecule has 1 fully saturated rings. The predicted octanol–water partition coefficient (Wildman–Crippen LogP) is -0.0890. The molecule has 16 heavy (non-hydrogen) atoms. The van der Waals surface area contributed by atoms with Crippen molar-refractivity contribution >= 4 is 5.91 Å². The lowest BCUT2D eigenvalue weighted by molar-refractivity contribution is -0.120. The van der Waals surface area contributed by atoms with Crippen LogP contribution in [0.1, 0.15) is 32.1 Å². The van der Waals surface area contributed by atoms with E-state index in [1.165, 1.54) is 6.42 Å². The predicted molar refractivity (Wildman–Crippen MR) is 59.5 cm³/mol. The van der Waals surface area contributed by atoms with Crippen LogP contribution in [0.4, 0.5) is 0 Å². The highest BCUT2D eigenvalue weighted by Crippen LogP contribution is 2.27. The summed E-state index contributed by atoms with van der Waals surface area (Å²) in [6.07, 6.45) is 4.90. The van der Waals surface area contributed by atoms with Crippen LogP contribution in [-0.2, 0) is 4.79 Å². The fourth-order valence-corrected chi connectivity index (χ4v) is 2.00. The van der Waals surface area contributed by atoms with E-state index in [9.17, 15) is 9.90 Å². The van der Waals surface area contributed by atoms with Gasteiger partial charge in [0.15, 0.2) is 0 Å². The minimum absolute atomic E-state index is 0.0325. The summed E-state index contributed by atoms with van der Waals surface area (Å²) in [5.41, 5.74) is -0.645. The summed E-state index contributed by atoms with van der Waals surface area (Å²) in [7, 11) is 0. The summed E-state index contributed by atoms with van der Waals surface area (Å²) in [5.74, 6) is -0.207. The van der Waals surface area contributed by atoms with Crippen LogP contribution >= 0.6 is 0 Å². The number of nitrogens with zero attached hydrogens (tertiary/aromatic N) is 1. The van der Waals surface area contributed by atoms with E-state index in [4.69, 9.17) is 5.26 Å². The maximum absolute atomic E-state index is 11.1. The van der Waals surface area contributed by atoms with Crippen LogP contribution in [0.2, 0.25) is 0 Å². The topological polar surface area (TPSA) is 85.2 Å². The Morgan fingerprint density at radius 3 is 2.69 bits per heavy atom. The van der Waals surface area contributed by atoms with Gasteiger partial charge in [0, 0.05) is 6.54 Å². The van der Waals surface area contributed by atoms with E-state index in [0.29, 0.717) is 6.54 Å². The quantitative estimate of drug-likeness (QED) is 0.571. The van der Waals surface area contributed by atoms with Crippen LogP contribution < -0.4 is 10.6 Å². The van der Waals surface area contributed by atoms with Crippen LogP contribution in [-0.4, -0.2) is 36.2 Å². The van der Waals surface area contributed by atoms with Crippen molar-refractivity contribution in [3.05, 3.63) is 0 Å². The number of nitrogens with one attached hydrogen (secondary N) is 2. The van der Waals surface area contributed by atoms with E-state index in [-0.39, 0.29) is 19.0 Å². The first-order valence-corrected chi connectivity index (χ1v) is 5.73. The molecule has 0 aliphatic heterocycles. The first-order valence-electron chi connectivity index (χ1n) is 5.73. The summed E-state index contributed by atoms with van der Waals surface area (Å²) in [6.45, 7) is 0.641. The lowest BCUT2D eigenvalue weighted by Gasteiger charge is -2.32. The van der Waals surface area contributed by atoms with E-state index in [1.807, 2.05) is 6.07 Å². The van der Waals surface area contributed by atoms with E-state index in [0.717, 1.165) is 25.7 Å². The van der Waals surface area contributed by atoms with Gasteiger partial charge in [0.05, 0.1) is 18.2 Å². The van der Waals surface area contributed by atoms with E-state index in [2.05, 4.69) is 10.6 Å². The van der Waals surface area contributed by atoms with Crippen molar-refractivity contribution in [2.75, 3.05) is 19.6 Å². The fraction of sp³-hybridized carbons (Fsp3) is 0.818. The third-order valence-corrected chi connectivity index (χ3v) is 2.89. The Morgan fingerprint density at radius 2 is 2.06 bits per heavy atom. The molecule has 0 unspecified atom stereocenters. The summed E-state index contributed by atoms with van der Waals surface area (Å²) in [4.78, 5) is 11.1. The van der Waals surface area contributed by atoms with Crippen molar-refractivity contribution in [1.82, 2.24) is 10.6 Å². The van der Waals surface area contributed by atoms with Crippen LogP contribution in [0.3, 0.4) is 0 Å². The molecule has 1 aliphatic carbocycles. The summed E-state index contributed by atoms with van der Waals surface area (Å²) >= 11 is 0. The van der Waals surface area contributed by atoms with Gasteiger partial charge in [-0.05, 0) is 12.8 Å². The first kappa shape index (κ1) is 12.9. The number of amides is 1. The van der Waals surface area contributed by atoms with Crippen LogP contribution in [0.5, 0.6) is 0 Å². The molecular weight excluding hydrogens is 206 g/mol. The van der Waals surface area contributed by atoms with Crippen molar-refractivity contribution in [1.29, 1.82) is 5.26 Å². The molecule has 0 aromatic carbocycles. The van der Waals surface area contributed by atoms with Crippen LogP contribution in [0.15, 0.2) is 0 Å². The van der Waals surface area contributed by atoms with Gasteiger partial charge in [-0.2, -0.15) is 5.26 Å². The van der Waals surface area contributed by atoms with Crippen molar-refractivity contribution in [2.24, 2.45) is 0 Å². The molecule has 3 N–H and O–H groups in total. The first-order chi connectivity index (χ1) is 7.66. The number of hydrogen-bond donors (Lipinski definition) is 3. The van der Waals surface area contributed by atoms with Gasteiger partial charge >= 0.3 is 0 Å². The van der Waals surface area contributed by atoms with Crippen LogP contribution in [0, 0.1) is 11.3 Å². The number of carbonyl (C=O) groups is 1. The van der Waals surface area contributed by atoms with Gasteiger partial charge < -0.3 is 15.7 Å². The Labute approximate surface area is 95.8 Å². The van der Waals surface area contributed by atoms with Gasteiger partial charge in [0.1, 0.15) is 6.54 Å². The molecule has 0 heterocycles. The van der Waals surface area contributed by atoms with Crippen molar-refractivity contribution < 1.29 is 9.90 Å².